The van der Waals surface area contributed by atoms with Gasteiger partial charge < -0.3 is 15.1 Å². The summed E-state index contributed by atoms with van der Waals surface area (Å²) in [5.74, 6) is 2.29. The number of aliphatic imine (C=N–C) groups is 1. The van der Waals surface area contributed by atoms with Crippen LogP contribution in [0, 0.1) is 6.92 Å². The molecule has 134 valence electrons. The molecule has 0 aliphatic heterocycles. The zero-order chi connectivity index (χ0) is 16.9. The predicted octanol–water partition coefficient (Wildman–Crippen LogP) is 4.22. The third-order valence-electron chi connectivity index (χ3n) is 3.24. The molecule has 0 aromatic carbocycles. The third kappa shape index (κ3) is 6.43. The van der Waals surface area contributed by atoms with Crippen LogP contribution in [0.3, 0.4) is 0 Å². The summed E-state index contributed by atoms with van der Waals surface area (Å²) in [5, 5.41) is 6.58. The number of thiophene rings is 1. The number of rotatable bonds is 5. The second kappa shape index (κ2) is 9.41. The van der Waals surface area contributed by atoms with Crippen molar-refractivity contribution in [3.05, 3.63) is 39.7 Å². The highest BCUT2D eigenvalue weighted by molar-refractivity contribution is 14.0. The van der Waals surface area contributed by atoms with Crippen molar-refractivity contribution in [3.63, 3.8) is 0 Å². The van der Waals surface area contributed by atoms with E-state index < -0.39 is 0 Å². The number of nitrogens with zero attached hydrogens (tertiary/aromatic N) is 2. The second-order valence-corrected chi connectivity index (χ2v) is 7.80. The molecule has 0 amide bonds. The van der Waals surface area contributed by atoms with Gasteiger partial charge in [-0.2, -0.15) is 0 Å². The fourth-order valence-corrected chi connectivity index (χ4v) is 2.80. The first-order valence-electron chi connectivity index (χ1n) is 7.91. The van der Waals surface area contributed by atoms with Gasteiger partial charge in [-0.05, 0) is 26.0 Å². The monoisotopic (exact) mass is 462 g/mol. The highest BCUT2D eigenvalue weighted by Crippen LogP contribution is 2.22. The van der Waals surface area contributed by atoms with Crippen LogP contribution in [0.25, 0.3) is 0 Å². The smallest absolute Gasteiger partial charge is 0.216 e. The topological polar surface area (TPSA) is 62.5 Å². The van der Waals surface area contributed by atoms with Crippen LogP contribution in [0.2, 0.25) is 0 Å². The molecule has 0 atom stereocenters. The SMILES string of the molecule is CCNC(=NCc1ncc(C(C)(C)C)o1)NCc1ccc(C)s1.I. The highest BCUT2D eigenvalue weighted by atomic mass is 127. The maximum atomic E-state index is 5.77. The van der Waals surface area contributed by atoms with Gasteiger partial charge in [0, 0.05) is 21.7 Å². The number of hydrogen-bond acceptors (Lipinski definition) is 4. The summed E-state index contributed by atoms with van der Waals surface area (Å²) in [5.41, 5.74) is -0.0330. The van der Waals surface area contributed by atoms with Crippen LogP contribution in [-0.2, 0) is 18.5 Å². The van der Waals surface area contributed by atoms with E-state index >= 15 is 0 Å². The number of guanidine groups is 1. The Bertz CT molecular complexity index is 658. The van der Waals surface area contributed by atoms with Crippen LogP contribution in [0.1, 0.15) is 49.1 Å². The molecule has 0 fully saturated rings. The molecule has 2 N–H and O–H groups in total. The number of aromatic nitrogens is 1. The summed E-state index contributed by atoms with van der Waals surface area (Å²) in [6.45, 7) is 12.5. The van der Waals surface area contributed by atoms with Gasteiger partial charge in [0.15, 0.2) is 5.96 Å². The standard InChI is InChI=1S/C17H26N4OS.HI/c1-6-18-16(20-9-13-8-7-12(2)23-13)21-11-15-19-10-14(22-15)17(3,4)5;/h7-8,10H,6,9,11H2,1-5H3,(H2,18,20,21);1H. The van der Waals surface area contributed by atoms with Crippen molar-refractivity contribution in [1.29, 1.82) is 0 Å². The predicted molar refractivity (Wildman–Crippen MR) is 111 cm³/mol. The molecule has 0 aliphatic rings. The fraction of sp³-hybridized carbons (Fsp3) is 0.529. The second-order valence-electron chi connectivity index (χ2n) is 6.43. The zero-order valence-electron chi connectivity index (χ0n) is 15.0. The van der Waals surface area contributed by atoms with Crippen LogP contribution >= 0.6 is 35.3 Å². The molecule has 0 unspecified atom stereocenters. The first-order chi connectivity index (χ1) is 10.9. The molecule has 7 heteroatoms. The van der Waals surface area contributed by atoms with Gasteiger partial charge in [-0.1, -0.05) is 20.8 Å². The molecule has 2 rings (SSSR count). The molecule has 0 radical (unpaired) electrons. The first kappa shape index (κ1) is 21.0. The molecule has 2 heterocycles. The van der Waals surface area contributed by atoms with Crippen molar-refractivity contribution in [2.24, 2.45) is 4.99 Å². The van der Waals surface area contributed by atoms with Gasteiger partial charge in [0.2, 0.25) is 5.89 Å². The number of aryl methyl sites for hydroxylation is 1. The van der Waals surface area contributed by atoms with E-state index in [1.165, 1.54) is 9.75 Å². The lowest BCUT2D eigenvalue weighted by atomic mass is 9.94. The summed E-state index contributed by atoms with van der Waals surface area (Å²) in [7, 11) is 0. The van der Waals surface area contributed by atoms with Crippen LogP contribution < -0.4 is 10.6 Å². The Morgan fingerprint density at radius 1 is 1.29 bits per heavy atom. The Labute approximate surface area is 165 Å². The van der Waals surface area contributed by atoms with Crippen molar-refractivity contribution in [1.82, 2.24) is 15.6 Å². The molecule has 5 nitrogen and oxygen atoms in total. The molecule has 2 aromatic heterocycles. The number of nitrogens with one attached hydrogen (secondary N) is 2. The third-order valence-corrected chi connectivity index (χ3v) is 4.24. The van der Waals surface area contributed by atoms with Crippen molar-refractivity contribution in [3.8, 4) is 0 Å². The average Bonchev–Trinajstić information content (AvgIpc) is 3.10. The Morgan fingerprint density at radius 3 is 2.58 bits per heavy atom. The molecule has 24 heavy (non-hydrogen) atoms. The maximum absolute atomic E-state index is 5.77. The Balaban J connectivity index is 0.00000288. The zero-order valence-corrected chi connectivity index (χ0v) is 18.1. The van der Waals surface area contributed by atoms with Crippen molar-refractivity contribution in [2.45, 2.75) is 53.1 Å². The minimum Gasteiger partial charge on any atom is -0.443 e. The van der Waals surface area contributed by atoms with E-state index in [1.807, 2.05) is 0 Å². The summed E-state index contributed by atoms with van der Waals surface area (Å²) >= 11 is 1.79. The molecular formula is C17H27IN4OS. The lowest BCUT2D eigenvalue weighted by Gasteiger charge is -2.13. The van der Waals surface area contributed by atoms with Crippen LogP contribution in [0.5, 0.6) is 0 Å². The van der Waals surface area contributed by atoms with Crippen molar-refractivity contribution in [2.75, 3.05) is 6.54 Å². The highest BCUT2D eigenvalue weighted by Gasteiger charge is 2.18. The Kier molecular flexibility index (Phi) is 8.21. The van der Waals surface area contributed by atoms with Gasteiger partial charge in [0.05, 0.1) is 12.7 Å². The van der Waals surface area contributed by atoms with E-state index in [-0.39, 0.29) is 29.4 Å². The van der Waals surface area contributed by atoms with Crippen LogP contribution in [-0.4, -0.2) is 17.5 Å². The van der Waals surface area contributed by atoms with Gasteiger partial charge >= 0.3 is 0 Å². The minimum atomic E-state index is -0.0330. The van der Waals surface area contributed by atoms with E-state index in [0.717, 1.165) is 24.8 Å². The van der Waals surface area contributed by atoms with Crippen molar-refractivity contribution < 1.29 is 4.42 Å². The summed E-state index contributed by atoms with van der Waals surface area (Å²) in [4.78, 5) is 11.5. The molecule has 0 saturated carbocycles. The molecule has 0 spiro atoms. The van der Waals surface area contributed by atoms with Crippen molar-refractivity contribution >= 4 is 41.3 Å². The van der Waals surface area contributed by atoms with Crippen LogP contribution in [0.15, 0.2) is 27.7 Å². The molecule has 0 saturated heterocycles. The van der Waals surface area contributed by atoms with Gasteiger partial charge in [-0.25, -0.2) is 9.98 Å². The quantitative estimate of drug-likeness (QED) is 0.397. The van der Waals surface area contributed by atoms with E-state index in [0.29, 0.717) is 12.4 Å². The lowest BCUT2D eigenvalue weighted by Crippen LogP contribution is -2.36. The number of halogens is 1. The Hall–Kier alpha value is -1.09. The summed E-state index contributed by atoms with van der Waals surface area (Å²) in [6.07, 6.45) is 1.79. The van der Waals surface area contributed by atoms with Gasteiger partial charge in [0.25, 0.3) is 0 Å². The molecule has 2 aromatic rings. The normalized spacial score (nSPS) is 12.0. The number of oxazole rings is 1. The molecular weight excluding hydrogens is 435 g/mol. The Morgan fingerprint density at radius 2 is 2.04 bits per heavy atom. The van der Waals surface area contributed by atoms with Gasteiger partial charge in [-0.3, -0.25) is 0 Å². The van der Waals surface area contributed by atoms with E-state index in [2.05, 4.69) is 67.4 Å². The lowest BCUT2D eigenvalue weighted by molar-refractivity contribution is 0.383. The minimum absolute atomic E-state index is 0. The van der Waals surface area contributed by atoms with E-state index in [9.17, 15) is 0 Å². The largest absolute Gasteiger partial charge is 0.443 e. The fourth-order valence-electron chi connectivity index (χ4n) is 1.97. The van der Waals surface area contributed by atoms with Gasteiger partial charge in [-0.15, -0.1) is 35.3 Å². The maximum Gasteiger partial charge on any atom is 0.216 e. The molecule has 0 bridgehead atoms. The summed E-state index contributed by atoms with van der Waals surface area (Å²) in [6, 6.07) is 4.27. The van der Waals surface area contributed by atoms with Gasteiger partial charge in [0.1, 0.15) is 12.3 Å². The van der Waals surface area contributed by atoms with Crippen LogP contribution in [0.4, 0.5) is 0 Å². The number of hydrogen-bond donors (Lipinski definition) is 2. The average molecular weight is 462 g/mol. The van der Waals surface area contributed by atoms with E-state index in [1.54, 1.807) is 17.5 Å². The molecule has 0 aliphatic carbocycles. The van der Waals surface area contributed by atoms with E-state index in [4.69, 9.17) is 4.42 Å². The summed E-state index contributed by atoms with van der Waals surface area (Å²) < 4.78 is 5.77. The first-order valence-corrected chi connectivity index (χ1v) is 8.73.